The summed E-state index contributed by atoms with van der Waals surface area (Å²) in [6.45, 7) is 6.19. The topological polar surface area (TPSA) is 67.0 Å². The van der Waals surface area contributed by atoms with Gasteiger partial charge in [0.05, 0.1) is 18.5 Å². The van der Waals surface area contributed by atoms with Gasteiger partial charge in [0.25, 0.3) is 0 Å². The molecule has 1 aliphatic rings. The van der Waals surface area contributed by atoms with Crippen molar-refractivity contribution in [2.75, 3.05) is 12.4 Å². The van der Waals surface area contributed by atoms with Crippen LogP contribution in [0.1, 0.15) is 51.6 Å². The second-order valence-corrected chi connectivity index (χ2v) is 7.65. The molecule has 0 saturated heterocycles. The fourth-order valence-corrected chi connectivity index (χ4v) is 2.79. The number of nitrogens with zero attached hydrogens (tertiary/aromatic N) is 1. The zero-order valence-electron chi connectivity index (χ0n) is 14.8. The molecule has 1 aromatic carbocycles. The van der Waals surface area contributed by atoms with Gasteiger partial charge in [0.2, 0.25) is 5.91 Å². The zero-order valence-corrected chi connectivity index (χ0v) is 14.8. The van der Waals surface area contributed by atoms with Crippen molar-refractivity contribution >= 4 is 11.6 Å². The van der Waals surface area contributed by atoms with Gasteiger partial charge in [-0.25, -0.2) is 0 Å². The van der Waals surface area contributed by atoms with E-state index in [1.165, 1.54) is 0 Å². The van der Waals surface area contributed by atoms with Gasteiger partial charge in [-0.05, 0) is 30.4 Å². The minimum Gasteiger partial charge on any atom is -0.497 e. The molecular weight excluding hydrogens is 302 g/mol. The Morgan fingerprint density at radius 1 is 1.38 bits per heavy atom. The van der Waals surface area contributed by atoms with Crippen LogP contribution in [0.5, 0.6) is 5.75 Å². The lowest BCUT2D eigenvalue weighted by atomic mass is 9.92. The number of hydrogen-bond donors (Lipinski definition) is 2. The Hall–Kier alpha value is -2.30. The third kappa shape index (κ3) is 3.78. The molecule has 1 aliphatic carbocycles. The van der Waals surface area contributed by atoms with Crippen LogP contribution in [0.15, 0.2) is 24.3 Å². The highest BCUT2D eigenvalue weighted by Gasteiger charge is 2.31. The van der Waals surface area contributed by atoms with E-state index in [4.69, 9.17) is 4.74 Å². The van der Waals surface area contributed by atoms with Gasteiger partial charge in [-0.1, -0.05) is 32.9 Å². The summed E-state index contributed by atoms with van der Waals surface area (Å²) < 4.78 is 5.30. The molecular formula is C19H25N3O2. The molecule has 5 heteroatoms. The molecule has 0 radical (unpaired) electrons. The average Bonchev–Trinajstić information content (AvgIpc) is 3.27. The molecule has 5 nitrogen and oxygen atoms in total. The molecule has 1 saturated carbocycles. The van der Waals surface area contributed by atoms with E-state index in [0.29, 0.717) is 12.3 Å². The van der Waals surface area contributed by atoms with Crippen LogP contribution in [0, 0.1) is 5.41 Å². The average molecular weight is 327 g/mol. The smallest absolute Gasteiger partial charge is 0.225 e. The highest BCUT2D eigenvalue weighted by molar-refractivity contribution is 5.96. The van der Waals surface area contributed by atoms with Crippen LogP contribution < -0.4 is 10.1 Å². The number of aromatic amines is 1. The number of hydrogen-bond acceptors (Lipinski definition) is 3. The van der Waals surface area contributed by atoms with E-state index in [1.54, 1.807) is 7.11 Å². The number of aromatic nitrogens is 2. The van der Waals surface area contributed by atoms with E-state index in [1.807, 2.05) is 24.3 Å². The maximum absolute atomic E-state index is 12.5. The number of anilines is 1. The maximum Gasteiger partial charge on any atom is 0.225 e. The predicted octanol–water partition coefficient (Wildman–Crippen LogP) is 4.34. The fraction of sp³-hybridized carbons (Fsp3) is 0.474. The highest BCUT2D eigenvalue weighted by Crippen LogP contribution is 2.45. The Balaban J connectivity index is 1.93. The Morgan fingerprint density at radius 3 is 2.75 bits per heavy atom. The van der Waals surface area contributed by atoms with Crippen molar-refractivity contribution in [2.45, 2.75) is 46.0 Å². The molecule has 0 unspecified atom stereocenters. The first-order chi connectivity index (χ1) is 11.4. The van der Waals surface area contributed by atoms with Gasteiger partial charge in [0.1, 0.15) is 11.4 Å². The Morgan fingerprint density at radius 2 is 2.12 bits per heavy atom. The molecule has 3 rings (SSSR count). The van der Waals surface area contributed by atoms with Gasteiger partial charge in [-0.2, -0.15) is 5.10 Å². The predicted molar refractivity (Wildman–Crippen MR) is 95.3 cm³/mol. The molecule has 0 atom stereocenters. The molecule has 0 spiro atoms. The van der Waals surface area contributed by atoms with Crippen molar-refractivity contribution in [3.8, 4) is 17.0 Å². The fourth-order valence-electron chi connectivity index (χ4n) is 2.79. The van der Waals surface area contributed by atoms with Crippen LogP contribution in [0.4, 0.5) is 5.69 Å². The summed E-state index contributed by atoms with van der Waals surface area (Å²) in [5.41, 5.74) is 3.51. The largest absolute Gasteiger partial charge is 0.497 e. The van der Waals surface area contributed by atoms with Crippen LogP contribution in [-0.4, -0.2) is 23.2 Å². The Bertz CT molecular complexity index is 739. The van der Waals surface area contributed by atoms with E-state index in [0.717, 1.165) is 41.2 Å². The summed E-state index contributed by atoms with van der Waals surface area (Å²) in [6.07, 6.45) is 2.75. The first-order valence-electron chi connectivity index (χ1n) is 8.40. The van der Waals surface area contributed by atoms with Crippen molar-refractivity contribution in [2.24, 2.45) is 5.41 Å². The van der Waals surface area contributed by atoms with E-state index in [9.17, 15) is 4.79 Å². The molecule has 2 aromatic rings. The van der Waals surface area contributed by atoms with E-state index >= 15 is 0 Å². The SMILES string of the molecule is COc1cccc(-c2n[nH]c(C3CC3)c2NC(=O)CC(C)(C)C)c1. The summed E-state index contributed by atoms with van der Waals surface area (Å²) in [4.78, 5) is 12.5. The number of ether oxygens (including phenoxy) is 1. The number of carbonyl (C=O) groups is 1. The number of rotatable bonds is 5. The number of H-pyrrole nitrogens is 1. The summed E-state index contributed by atoms with van der Waals surface area (Å²) in [7, 11) is 1.64. The molecule has 0 aliphatic heterocycles. The molecule has 128 valence electrons. The standard InChI is InChI=1S/C19H25N3O2/c1-19(2,3)11-15(23)20-18-16(12-8-9-12)21-22-17(18)13-6-5-7-14(10-13)24-4/h5-7,10,12H,8-9,11H2,1-4H3,(H,20,23)(H,21,22). The quantitative estimate of drug-likeness (QED) is 0.858. The minimum atomic E-state index is -0.0519. The summed E-state index contributed by atoms with van der Waals surface area (Å²) in [6, 6.07) is 7.75. The van der Waals surface area contributed by atoms with Gasteiger partial charge < -0.3 is 10.1 Å². The molecule has 2 N–H and O–H groups in total. The van der Waals surface area contributed by atoms with E-state index < -0.39 is 0 Å². The summed E-state index contributed by atoms with van der Waals surface area (Å²) in [5.74, 6) is 1.27. The van der Waals surface area contributed by atoms with Crippen molar-refractivity contribution in [1.82, 2.24) is 10.2 Å². The molecule has 0 bridgehead atoms. The monoisotopic (exact) mass is 327 g/mol. The first kappa shape index (κ1) is 16.6. The van der Waals surface area contributed by atoms with Gasteiger partial charge in [0, 0.05) is 17.9 Å². The zero-order chi connectivity index (χ0) is 17.3. The molecule has 1 heterocycles. The van der Waals surface area contributed by atoms with Crippen molar-refractivity contribution in [1.29, 1.82) is 0 Å². The van der Waals surface area contributed by atoms with Gasteiger partial charge in [-0.15, -0.1) is 0 Å². The number of benzene rings is 1. The second-order valence-electron chi connectivity index (χ2n) is 7.65. The second kappa shape index (κ2) is 6.30. The molecule has 1 aromatic heterocycles. The van der Waals surface area contributed by atoms with E-state index in [2.05, 4.69) is 36.3 Å². The number of amides is 1. The highest BCUT2D eigenvalue weighted by atomic mass is 16.5. The number of nitrogens with one attached hydrogen (secondary N) is 2. The van der Waals surface area contributed by atoms with Gasteiger partial charge in [0.15, 0.2) is 0 Å². The van der Waals surface area contributed by atoms with Gasteiger partial charge >= 0.3 is 0 Å². The summed E-state index contributed by atoms with van der Waals surface area (Å²) >= 11 is 0. The lowest BCUT2D eigenvalue weighted by Gasteiger charge is -2.17. The van der Waals surface area contributed by atoms with Crippen LogP contribution in [0.25, 0.3) is 11.3 Å². The van der Waals surface area contributed by atoms with Crippen LogP contribution in [0.3, 0.4) is 0 Å². The van der Waals surface area contributed by atoms with E-state index in [-0.39, 0.29) is 11.3 Å². The summed E-state index contributed by atoms with van der Waals surface area (Å²) in [5, 5.41) is 10.7. The third-order valence-electron chi connectivity index (χ3n) is 4.08. The minimum absolute atomic E-state index is 0.0231. The normalized spacial score (nSPS) is 14.5. The Labute approximate surface area is 142 Å². The van der Waals surface area contributed by atoms with Crippen molar-refractivity contribution in [3.05, 3.63) is 30.0 Å². The lowest BCUT2D eigenvalue weighted by Crippen LogP contribution is -2.20. The van der Waals surface area contributed by atoms with Crippen LogP contribution in [0.2, 0.25) is 0 Å². The molecule has 24 heavy (non-hydrogen) atoms. The molecule has 1 amide bonds. The first-order valence-corrected chi connectivity index (χ1v) is 8.40. The number of carbonyl (C=O) groups excluding carboxylic acids is 1. The third-order valence-corrected chi connectivity index (χ3v) is 4.08. The van der Waals surface area contributed by atoms with Crippen molar-refractivity contribution < 1.29 is 9.53 Å². The maximum atomic E-state index is 12.5. The van der Waals surface area contributed by atoms with Crippen LogP contribution in [-0.2, 0) is 4.79 Å². The lowest BCUT2D eigenvalue weighted by molar-refractivity contribution is -0.117. The molecule has 1 fully saturated rings. The Kier molecular flexibility index (Phi) is 4.35. The van der Waals surface area contributed by atoms with Crippen LogP contribution >= 0.6 is 0 Å². The van der Waals surface area contributed by atoms with Gasteiger partial charge in [-0.3, -0.25) is 9.89 Å². The number of methoxy groups -OCH3 is 1. The van der Waals surface area contributed by atoms with Crippen molar-refractivity contribution in [3.63, 3.8) is 0 Å².